The molecule has 0 heterocycles. The van der Waals surface area contributed by atoms with Crippen LogP contribution in [0.25, 0.3) is 0 Å². The van der Waals surface area contributed by atoms with E-state index < -0.39 is 9.84 Å². The number of benzene rings is 2. The minimum Gasteiger partial charge on any atom is -0.497 e. The first kappa shape index (κ1) is 20.5. The zero-order valence-electron chi connectivity index (χ0n) is 16.8. The van der Waals surface area contributed by atoms with Crippen LogP contribution in [0, 0.1) is 0 Å². The predicted molar refractivity (Wildman–Crippen MR) is 107 cm³/mol. The molecule has 0 aliphatic heterocycles. The van der Waals surface area contributed by atoms with Crippen LogP contribution in [0.15, 0.2) is 46.2 Å². The van der Waals surface area contributed by atoms with Crippen LogP contribution >= 0.6 is 0 Å². The average molecular weight is 375 g/mol. The quantitative estimate of drug-likeness (QED) is 0.632. The maximum atomic E-state index is 13.5. The molecule has 26 heavy (non-hydrogen) atoms. The van der Waals surface area contributed by atoms with Crippen molar-refractivity contribution < 1.29 is 13.2 Å². The zero-order chi connectivity index (χ0) is 19.6. The fourth-order valence-electron chi connectivity index (χ4n) is 3.07. The summed E-state index contributed by atoms with van der Waals surface area (Å²) in [4.78, 5) is 0.775. The molecule has 4 heteroatoms. The second-order valence-electron chi connectivity index (χ2n) is 7.67. The van der Waals surface area contributed by atoms with Crippen molar-refractivity contribution in [2.45, 2.75) is 69.1 Å². The molecule has 0 spiro atoms. The summed E-state index contributed by atoms with van der Waals surface area (Å²) in [6, 6.07) is 10.8. The largest absolute Gasteiger partial charge is 0.497 e. The summed E-state index contributed by atoms with van der Waals surface area (Å²) in [7, 11) is -2.04. The van der Waals surface area contributed by atoms with E-state index in [9.17, 15) is 8.42 Å². The number of sulfone groups is 1. The number of hydrogen-bond donors (Lipinski definition) is 0. The Labute approximate surface area is 158 Å². The third-order valence-corrected chi connectivity index (χ3v) is 6.62. The SMILES string of the molecule is COc1ccc(S(=O)(=O)c2c(C(C)C)cc(C(C)C)cc2C(C)C)cc1. The molecule has 0 atom stereocenters. The van der Waals surface area contributed by atoms with Gasteiger partial charge in [-0.2, -0.15) is 0 Å². The number of ether oxygens (including phenoxy) is 1. The van der Waals surface area contributed by atoms with E-state index in [0.29, 0.717) is 21.5 Å². The Kier molecular flexibility index (Phi) is 6.17. The monoisotopic (exact) mass is 374 g/mol. The van der Waals surface area contributed by atoms with Gasteiger partial charge in [0, 0.05) is 0 Å². The molecule has 2 aromatic carbocycles. The summed E-state index contributed by atoms with van der Waals surface area (Å²) in [6.45, 7) is 12.5. The van der Waals surface area contributed by atoms with E-state index in [1.165, 1.54) is 5.56 Å². The molecule has 0 aliphatic rings. The summed E-state index contributed by atoms with van der Waals surface area (Å²) < 4.78 is 32.2. The lowest BCUT2D eigenvalue weighted by Gasteiger charge is -2.23. The van der Waals surface area contributed by atoms with Crippen molar-refractivity contribution in [1.29, 1.82) is 0 Å². The molecule has 0 amide bonds. The molecule has 0 aromatic heterocycles. The molecule has 0 fully saturated rings. The number of methoxy groups -OCH3 is 1. The van der Waals surface area contributed by atoms with Crippen LogP contribution in [0.2, 0.25) is 0 Å². The number of rotatable bonds is 6. The molecule has 0 unspecified atom stereocenters. The van der Waals surface area contributed by atoms with Gasteiger partial charge in [0.15, 0.2) is 0 Å². The Morgan fingerprint density at radius 1 is 0.769 bits per heavy atom. The summed E-state index contributed by atoms with van der Waals surface area (Å²) >= 11 is 0. The highest BCUT2D eigenvalue weighted by Gasteiger charge is 2.28. The van der Waals surface area contributed by atoms with Crippen molar-refractivity contribution in [2.75, 3.05) is 7.11 Å². The van der Waals surface area contributed by atoms with E-state index in [1.54, 1.807) is 31.4 Å². The molecule has 142 valence electrons. The van der Waals surface area contributed by atoms with Gasteiger partial charge in [-0.3, -0.25) is 0 Å². The Hall–Kier alpha value is -1.81. The standard InChI is InChI=1S/C22H30O3S/c1-14(2)17-12-20(15(3)4)22(21(13-17)16(5)6)26(23,24)19-10-8-18(25-7)9-11-19/h8-16H,1-7H3. The molecular formula is C22H30O3S. The third-order valence-electron chi connectivity index (χ3n) is 4.72. The lowest BCUT2D eigenvalue weighted by Crippen LogP contribution is -2.13. The number of hydrogen-bond acceptors (Lipinski definition) is 3. The molecule has 0 radical (unpaired) electrons. The van der Waals surface area contributed by atoms with Gasteiger partial charge in [-0.25, -0.2) is 8.42 Å². The normalized spacial score (nSPS) is 12.2. The van der Waals surface area contributed by atoms with Crippen molar-refractivity contribution in [1.82, 2.24) is 0 Å². The first-order chi connectivity index (χ1) is 12.1. The molecule has 3 nitrogen and oxygen atoms in total. The molecule has 2 aromatic rings. The highest BCUT2D eigenvalue weighted by molar-refractivity contribution is 7.91. The first-order valence-corrected chi connectivity index (χ1v) is 10.6. The third kappa shape index (κ3) is 3.96. The van der Waals surface area contributed by atoms with Gasteiger partial charge in [-0.1, -0.05) is 53.7 Å². The van der Waals surface area contributed by atoms with E-state index >= 15 is 0 Å². The van der Waals surface area contributed by atoms with Crippen LogP contribution < -0.4 is 4.74 Å². The summed E-state index contributed by atoms with van der Waals surface area (Å²) in [6.07, 6.45) is 0. The van der Waals surface area contributed by atoms with Crippen LogP contribution in [0.5, 0.6) is 5.75 Å². The van der Waals surface area contributed by atoms with Gasteiger partial charge >= 0.3 is 0 Å². The Balaban J connectivity index is 2.80. The second kappa shape index (κ2) is 7.83. The van der Waals surface area contributed by atoms with Gasteiger partial charge in [0.25, 0.3) is 0 Å². The van der Waals surface area contributed by atoms with Crippen LogP contribution in [-0.4, -0.2) is 15.5 Å². The van der Waals surface area contributed by atoms with E-state index in [2.05, 4.69) is 53.7 Å². The van der Waals surface area contributed by atoms with Gasteiger partial charge in [-0.15, -0.1) is 0 Å². The fraction of sp³-hybridized carbons (Fsp3) is 0.455. The Bertz CT molecular complexity index is 832. The molecule has 0 saturated carbocycles. The van der Waals surface area contributed by atoms with E-state index in [0.717, 1.165) is 11.1 Å². The van der Waals surface area contributed by atoms with Crippen LogP contribution in [0.1, 0.15) is 76.0 Å². The van der Waals surface area contributed by atoms with E-state index in [-0.39, 0.29) is 11.8 Å². The van der Waals surface area contributed by atoms with Crippen molar-refractivity contribution >= 4 is 9.84 Å². The van der Waals surface area contributed by atoms with Gasteiger partial charge < -0.3 is 4.74 Å². The minimum absolute atomic E-state index is 0.120. The topological polar surface area (TPSA) is 43.4 Å². The molecule has 0 saturated heterocycles. The fourth-order valence-corrected chi connectivity index (χ4v) is 5.01. The lowest BCUT2D eigenvalue weighted by atomic mass is 9.89. The highest BCUT2D eigenvalue weighted by Crippen LogP contribution is 2.38. The summed E-state index contributed by atoms with van der Waals surface area (Å²) in [5, 5.41) is 0. The smallest absolute Gasteiger partial charge is 0.207 e. The molecule has 0 bridgehead atoms. The van der Waals surface area contributed by atoms with Crippen molar-refractivity contribution in [3.8, 4) is 5.75 Å². The second-order valence-corrected chi connectivity index (χ2v) is 9.56. The molecule has 0 N–H and O–H groups in total. The summed E-state index contributed by atoms with van der Waals surface area (Å²) in [5.41, 5.74) is 2.98. The lowest BCUT2D eigenvalue weighted by molar-refractivity contribution is 0.414. The minimum atomic E-state index is -3.61. The predicted octanol–water partition coefficient (Wildman–Crippen LogP) is 5.90. The summed E-state index contributed by atoms with van der Waals surface area (Å²) in [5.74, 6) is 1.23. The van der Waals surface area contributed by atoms with Crippen molar-refractivity contribution in [3.05, 3.63) is 53.1 Å². The van der Waals surface area contributed by atoms with Crippen LogP contribution in [0.4, 0.5) is 0 Å². The maximum Gasteiger partial charge on any atom is 0.207 e. The first-order valence-electron chi connectivity index (χ1n) is 9.16. The molecule has 0 aliphatic carbocycles. The van der Waals surface area contributed by atoms with Gasteiger partial charge in [0.2, 0.25) is 9.84 Å². The van der Waals surface area contributed by atoms with Crippen LogP contribution in [-0.2, 0) is 9.84 Å². The van der Waals surface area contributed by atoms with Gasteiger partial charge in [0.1, 0.15) is 5.75 Å². The van der Waals surface area contributed by atoms with Gasteiger partial charge in [-0.05, 0) is 58.7 Å². The van der Waals surface area contributed by atoms with Crippen LogP contribution in [0.3, 0.4) is 0 Å². The zero-order valence-corrected chi connectivity index (χ0v) is 17.6. The Morgan fingerprint density at radius 3 is 1.58 bits per heavy atom. The van der Waals surface area contributed by atoms with E-state index in [4.69, 9.17) is 4.74 Å². The van der Waals surface area contributed by atoms with E-state index in [1.807, 2.05) is 0 Å². The van der Waals surface area contributed by atoms with Crippen molar-refractivity contribution in [3.63, 3.8) is 0 Å². The molecular weight excluding hydrogens is 344 g/mol. The molecule has 2 rings (SSSR count). The maximum absolute atomic E-state index is 13.5. The Morgan fingerprint density at radius 2 is 1.23 bits per heavy atom. The van der Waals surface area contributed by atoms with Crippen molar-refractivity contribution in [2.24, 2.45) is 0 Å². The average Bonchev–Trinajstić information content (AvgIpc) is 2.60. The highest BCUT2D eigenvalue weighted by atomic mass is 32.2. The van der Waals surface area contributed by atoms with Gasteiger partial charge in [0.05, 0.1) is 16.9 Å².